The van der Waals surface area contributed by atoms with Crippen LogP contribution >= 0.6 is 0 Å². The number of hydrogen-bond donors (Lipinski definition) is 0. The second kappa shape index (κ2) is 7.55. The summed E-state index contributed by atoms with van der Waals surface area (Å²) >= 11 is 0. The van der Waals surface area contributed by atoms with Crippen LogP contribution in [0.4, 0.5) is 0 Å². The van der Waals surface area contributed by atoms with E-state index in [1.165, 1.54) is 59.9 Å². The van der Waals surface area contributed by atoms with E-state index in [0.29, 0.717) is 0 Å². The zero-order valence-corrected chi connectivity index (χ0v) is 21.4. The lowest BCUT2D eigenvalue weighted by Crippen LogP contribution is -2.21. The molecule has 0 radical (unpaired) electrons. The highest BCUT2D eigenvalue weighted by Gasteiger charge is 2.29. The lowest BCUT2D eigenvalue weighted by atomic mass is 9.66. The van der Waals surface area contributed by atoms with Gasteiger partial charge in [0.2, 0.25) is 5.95 Å². The predicted octanol–water partition coefficient (Wildman–Crippen LogP) is 6.71. The van der Waals surface area contributed by atoms with Crippen molar-refractivity contribution in [3.8, 4) is 17.1 Å². The van der Waals surface area contributed by atoms with E-state index in [1.54, 1.807) is 0 Å². The minimum Gasteiger partial charge on any atom is -0.277 e. The molecule has 0 fully saturated rings. The van der Waals surface area contributed by atoms with Crippen LogP contribution in [0.15, 0.2) is 109 Å². The van der Waals surface area contributed by atoms with E-state index in [-0.39, 0.29) is 0 Å². The Morgan fingerprint density at radius 2 is 1.33 bits per heavy atom. The predicted molar refractivity (Wildman–Crippen MR) is 165 cm³/mol. The number of para-hydroxylation sites is 1. The topological polar surface area (TPSA) is 30.7 Å². The number of hydrogen-bond acceptors (Lipinski definition) is 2. The van der Waals surface area contributed by atoms with Gasteiger partial charge >= 0.3 is 0 Å². The molecule has 3 nitrogen and oxygen atoms in total. The summed E-state index contributed by atoms with van der Waals surface area (Å²) in [5, 5.41) is 8.66. The largest absolute Gasteiger partial charge is 0.277 e. The second-order valence-corrected chi connectivity index (χ2v) is 10.6. The maximum atomic E-state index is 5.24. The Hall–Kier alpha value is -4.96. The summed E-state index contributed by atoms with van der Waals surface area (Å²) in [6.07, 6.45) is 0. The average Bonchev–Trinajstić information content (AvgIpc) is 3.53. The van der Waals surface area contributed by atoms with Gasteiger partial charge in [0.1, 0.15) is 0 Å². The highest BCUT2D eigenvalue weighted by Crippen LogP contribution is 2.42. The molecular formula is C35H22BN3. The Labute approximate surface area is 225 Å². The van der Waals surface area contributed by atoms with Gasteiger partial charge in [-0.1, -0.05) is 108 Å². The Bertz CT molecular complexity index is 2330. The van der Waals surface area contributed by atoms with E-state index in [1.807, 2.05) is 0 Å². The summed E-state index contributed by atoms with van der Waals surface area (Å²) in [6, 6.07) is 39.2. The molecule has 0 aliphatic carbocycles. The quantitative estimate of drug-likeness (QED) is 0.187. The molecule has 0 bridgehead atoms. The highest BCUT2D eigenvalue weighted by molar-refractivity contribution is 6.77. The van der Waals surface area contributed by atoms with Crippen molar-refractivity contribution in [3.63, 3.8) is 0 Å². The van der Waals surface area contributed by atoms with E-state index >= 15 is 0 Å². The normalized spacial score (nSPS) is 12.4. The Kier molecular flexibility index (Phi) is 4.07. The minimum atomic E-state index is 0.725. The van der Waals surface area contributed by atoms with Gasteiger partial charge in [-0.05, 0) is 46.2 Å². The van der Waals surface area contributed by atoms with Gasteiger partial charge in [0.15, 0.2) is 7.28 Å². The van der Waals surface area contributed by atoms with Crippen molar-refractivity contribution in [2.75, 3.05) is 0 Å². The van der Waals surface area contributed by atoms with E-state index in [9.17, 15) is 0 Å². The van der Waals surface area contributed by atoms with Gasteiger partial charge in [0.25, 0.3) is 0 Å². The number of aromatic nitrogens is 3. The molecule has 180 valence electrons. The van der Waals surface area contributed by atoms with Crippen molar-refractivity contribution < 1.29 is 0 Å². The van der Waals surface area contributed by atoms with E-state index < -0.39 is 0 Å². The molecule has 8 aromatic rings. The van der Waals surface area contributed by atoms with Gasteiger partial charge in [-0.15, -0.1) is 0 Å². The fourth-order valence-electron chi connectivity index (χ4n) is 6.95. The van der Waals surface area contributed by atoms with Crippen LogP contribution in [0.2, 0.25) is 0 Å². The summed E-state index contributed by atoms with van der Waals surface area (Å²) < 4.78 is 2.32. The molecular weight excluding hydrogens is 473 g/mol. The summed E-state index contributed by atoms with van der Waals surface area (Å²) in [6.45, 7) is 2.11. The number of rotatable bonds is 1. The summed E-state index contributed by atoms with van der Waals surface area (Å²) in [5.41, 5.74) is 9.71. The smallest absolute Gasteiger partial charge is 0.235 e. The number of aryl methyl sites for hydroxylation is 1. The van der Waals surface area contributed by atoms with Crippen LogP contribution in [0.25, 0.3) is 71.3 Å². The molecule has 39 heavy (non-hydrogen) atoms. The van der Waals surface area contributed by atoms with Gasteiger partial charge in [-0.2, -0.15) is 0 Å². The Morgan fingerprint density at radius 3 is 2.23 bits per heavy atom. The summed E-state index contributed by atoms with van der Waals surface area (Å²) in [5.74, 6) is 0.725. The third-order valence-electron chi connectivity index (χ3n) is 8.55. The van der Waals surface area contributed by atoms with Crippen molar-refractivity contribution in [1.82, 2.24) is 14.5 Å². The molecule has 0 atom stereocenters. The third-order valence-corrected chi connectivity index (χ3v) is 8.55. The van der Waals surface area contributed by atoms with Crippen molar-refractivity contribution in [1.29, 1.82) is 0 Å². The fraction of sp³-hybridized carbons (Fsp3) is 0.0286. The van der Waals surface area contributed by atoms with Crippen molar-refractivity contribution in [2.45, 2.75) is 6.92 Å². The van der Waals surface area contributed by atoms with Crippen LogP contribution in [-0.2, 0) is 0 Å². The average molecular weight is 495 g/mol. The van der Waals surface area contributed by atoms with Gasteiger partial charge < -0.3 is 0 Å². The van der Waals surface area contributed by atoms with Crippen LogP contribution in [0.5, 0.6) is 0 Å². The molecule has 1 aliphatic heterocycles. The van der Waals surface area contributed by atoms with Gasteiger partial charge in [0, 0.05) is 21.7 Å². The highest BCUT2D eigenvalue weighted by atomic mass is 15.2. The van der Waals surface area contributed by atoms with Gasteiger partial charge in [-0.25, -0.2) is 9.97 Å². The lowest BCUT2D eigenvalue weighted by Gasteiger charge is -2.15. The molecule has 0 saturated heterocycles. The zero-order valence-electron chi connectivity index (χ0n) is 21.4. The second-order valence-electron chi connectivity index (χ2n) is 10.6. The van der Waals surface area contributed by atoms with Gasteiger partial charge in [-0.3, -0.25) is 4.57 Å². The number of benzene rings is 6. The van der Waals surface area contributed by atoms with Crippen molar-refractivity contribution >= 4 is 72.5 Å². The fourth-order valence-corrected chi connectivity index (χ4v) is 6.95. The Balaban J connectivity index is 1.50. The molecule has 0 spiro atoms. The lowest BCUT2D eigenvalue weighted by molar-refractivity contribution is 0.991. The molecule has 0 unspecified atom stereocenters. The standard InChI is InChI=1S/C35H22BN3/c1-20-30-22-11-3-2-10-21(22)18-19-28(30)38-35(37-20)39-29-17-9-7-15-26(29)31-23-12-4-5-13-24(23)33-32(34(31)39)25-14-6-8-16-27(25)36-33/h2-19,36H,1H3. The first-order valence-corrected chi connectivity index (χ1v) is 13.5. The van der Waals surface area contributed by atoms with E-state index in [4.69, 9.17) is 9.97 Å². The number of nitrogens with zero attached hydrogens (tertiary/aromatic N) is 3. The van der Waals surface area contributed by atoms with Crippen LogP contribution in [-0.4, -0.2) is 21.8 Å². The molecule has 1 aliphatic rings. The SMILES string of the molecule is Cc1nc(-n2c3ccccc3c3c4ccccc4c4c(c32)-c2ccccc2B4)nc2ccc3ccccc3c12. The van der Waals surface area contributed by atoms with Crippen LogP contribution in [0.1, 0.15) is 5.69 Å². The molecule has 4 heteroatoms. The van der Waals surface area contributed by atoms with Crippen molar-refractivity contribution in [3.05, 3.63) is 115 Å². The molecule has 0 saturated carbocycles. The molecule has 0 N–H and O–H groups in total. The van der Waals surface area contributed by atoms with Gasteiger partial charge in [0.05, 0.1) is 22.2 Å². The van der Waals surface area contributed by atoms with Crippen LogP contribution in [0, 0.1) is 6.92 Å². The van der Waals surface area contributed by atoms with E-state index in [0.717, 1.165) is 35.3 Å². The Morgan fingerprint density at radius 1 is 0.615 bits per heavy atom. The molecule has 2 aromatic heterocycles. The summed E-state index contributed by atoms with van der Waals surface area (Å²) in [7, 11) is 0.938. The molecule has 9 rings (SSSR count). The maximum Gasteiger partial charge on any atom is 0.235 e. The third kappa shape index (κ3) is 2.73. The monoisotopic (exact) mass is 495 g/mol. The molecule has 6 aromatic carbocycles. The minimum absolute atomic E-state index is 0.725. The van der Waals surface area contributed by atoms with Crippen LogP contribution < -0.4 is 10.9 Å². The first-order valence-electron chi connectivity index (χ1n) is 13.5. The van der Waals surface area contributed by atoms with E-state index in [2.05, 4.69) is 121 Å². The van der Waals surface area contributed by atoms with Crippen LogP contribution in [0.3, 0.4) is 0 Å². The molecule has 0 amide bonds. The summed E-state index contributed by atoms with van der Waals surface area (Å²) in [4.78, 5) is 10.4. The maximum absolute atomic E-state index is 5.24. The van der Waals surface area contributed by atoms with Crippen molar-refractivity contribution in [2.24, 2.45) is 0 Å². The first kappa shape index (κ1) is 21.0. The zero-order chi connectivity index (χ0) is 25.7. The number of fused-ring (bicyclic) bond motifs is 13. The molecule has 3 heterocycles. The first-order chi connectivity index (χ1) is 19.3.